The van der Waals surface area contributed by atoms with E-state index < -0.39 is 0 Å². The zero-order valence-corrected chi connectivity index (χ0v) is 33.9. The van der Waals surface area contributed by atoms with E-state index in [4.69, 9.17) is 0 Å². The highest BCUT2D eigenvalue weighted by Gasteiger charge is 2.22. The molecule has 0 fully saturated rings. The van der Waals surface area contributed by atoms with Crippen molar-refractivity contribution >= 4 is 38.9 Å². The summed E-state index contributed by atoms with van der Waals surface area (Å²) >= 11 is 0. The minimum atomic E-state index is 0.948. The van der Waals surface area contributed by atoms with Crippen molar-refractivity contribution in [2.24, 2.45) is 0 Å². The standard InChI is InChI=1S/C58H40N4/c1-4-13-41(14-5-1)47-39-53(45-17-8-3-9-18-45)58-54(40-47)57-52(44-15-6-2-7-16-44)19-12-21-56(57)62(58)51-32-30-50(31-33-51)61(48-26-22-42(23-27-48)43-34-37-59-38-35-43)49-28-24-46(25-29-49)55-20-10-11-36-60-55/h1-40H. The van der Waals surface area contributed by atoms with Gasteiger partial charge in [0.25, 0.3) is 0 Å². The highest BCUT2D eigenvalue weighted by molar-refractivity contribution is 6.20. The van der Waals surface area contributed by atoms with Gasteiger partial charge in [0.2, 0.25) is 0 Å². The molecule has 0 amide bonds. The molecule has 3 heterocycles. The van der Waals surface area contributed by atoms with Gasteiger partial charge >= 0.3 is 0 Å². The van der Waals surface area contributed by atoms with Crippen molar-refractivity contribution in [3.63, 3.8) is 0 Å². The number of benzene rings is 8. The normalized spacial score (nSPS) is 11.2. The summed E-state index contributed by atoms with van der Waals surface area (Å²) in [5, 5.41) is 2.45. The molecule has 0 atom stereocenters. The molecular weight excluding hydrogens is 753 g/mol. The second-order valence-electron chi connectivity index (χ2n) is 15.4. The molecule has 0 aliphatic heterocycles. The van der Waals surface area contributed by atoms with Gasteiger partial charge in [-0.15, -0.1) is 0 Å². The highest BCUT2D eigenvalue weighted by atomic mass is 15.1. The molecule has 3 aromatic heterocycles. The number of hydrogen-bond donors (Lipinski definition) is 0. The van der Waals surface area contributed by atoms with Crippen LogP contribution in [0.5, 0.6) is 0 Å². The average molecular weight is 793 g/mol. The molecule has 4 nitrogen and oxygen atoms in total. The molecule has 0 saturated heterocycles. The fourth-order valence-electron chi connectivity index (χ4n) is 8.82. The van der Waals surface area contributed by atoms with Crippen molar-refractivity contribution < 1.29 is 0 Å². The van der Waals surface area contributed by atoms with Crippen LogP contribution >= 0.6 is 0 Å². The Morgan fingerprint density at radius 2 is 0.887 bits per heavy atom. The van der Waals surface area contributed by atoms with E-state index in [2.05, 4.69) is 214 Å². The van der Waals surface area contributed by atoms with Crippen LogP contribution in [0.25, 0.3) is 83.3 Å². The molecule has 0 N–H and O–H groups in total. The van der Waals surface area contributed by atoms with Gasteiger partial charge in [0.1, 0.15) is 0 Å². The first-order valence-corrected chi connectivity index (χ1v) is 21.0. The average Bonchev–Trinajstić information content (AvgIpc) is 3.70. The zero-order valence-electron chi connectivity index (χ0n) is 33.9. The van der Waals surface area contributed by atoms with E-state index in [1.165, 1.54) is 49.7 Å². The molecule has 11 rings (SSSR count). The molecule has 0 spiro atoms. The maximum absolute atomic E-state index is 4.60. The van der Waals surface area contributed by atoms with Crippen LogP contribution in [0, 0.1) is 0 Å². The summed E-state index contributed by atoms with van der Waals surface area (Å²) in [6, 6.07) is 80.4. The lowest BCUT2D eigenvalue weighted by Gasteiger charge is -2.26. The predicted molar refractivity (Wildman–Crippen MR) is 258 cm³/mol. The molecule has 0 radical (unpaired) electrons. The second-order valence-corrected chi connectivity index (χ2v) is 15.4. The summed E-state index contributed by atoms with van der Waals surface area (Å²) in [5.41, 5.74) is 18.0. The third-order valence-electron chi connectivity index (χ3n) is 11.8. The largest absolute Gasteiger partial charge is 0.311 e. The molecule has 0 unspecified atom stereocenters. The van der Waals surface area contributed by atoms with Crippen LogP contribution in [0.1, 0.15) is 0 Å². The Morgan fingerprint density at radius 1 is 0.355 bits per heavy atom. The van der Waals surface area contributed by atoms with Crippen molar-refractivity contribution in [1.29, 1.82) is 0 Å². The lowest BCUT2D eigenvalue weighted by atomic mass is 9.93. The minimum Gasteiger partial charge on any atom is -0.311 e. The van der Waals surface area contributed by atoms with E-state index in [0.29, 0.717) is 0 Å². The first kappa shape index (κ1) is 36.7. The molecule has 0 aliphatic carbocycles. The first-order chi connectivity index (χ1) is 30.8. The van der Waals surface area contributed by atoms with Crippen LogP contribution in [-0.2, 0) is 0 Å². The van der Waals surface area contributed by atoms with E-state index in [-0.39, 0.29) is 0 Å². The number of nitrogens with zero attached hydrogens (tertiary/aromatic N) is 4. The Morgan fingerprint density at radius 3 is 1.50 bits per heavy atom. The van der Waals surface area contributed by atoms with E-state index in [1.807, 2.05) is 48.9 Å². The van der Waals surface area contributed by atoms with Crippen LogP contribution in [-0.4, -0.2) is 14.5 Å². The van der Waals surface area contributed by atoms with Crippen molar-refractivity contribution in [1.82, 2.24) is 14.5 Å². The Bertz CT molecular complexity index is 3190. The lowest BCUT2D eigenvalue weighted by Crippen LogP contribution is -2.10. The van der Waals surface area contributed by atoms with E-state index in [0.717, 1.165) is 50.7 Å². The molecule has 11 aromatic rings. The van der Waals surface area contributed by atoms with Crippen LogP contribution < -0.4 is 4.90 Å². The molecule has 8 aromatic carbocycles. The summed E-state index contributed by atoms with van der Waals surface area (Å²) in [7, 11) is 0. The summed E-state index contributed by atoms with van der Waals surface area (Å²) in [6.07, 6.45) is 5.52. The predicted octanol–water partition coefficient (Wildman–Crippen LogP) is 15.4. The van der Waals surface area contributed by atoms with E-state index in [1.54, 1.807) is 0 Å². The third kappa shape index (κ3) is 6.80. The Balaban J connectivity index is 1.10. The fourth-order valence-corrected chi connectivity index (χ4v) is 8.82. The van der Waals surface area contributed by atoms with Crippen LogP contribution in [0.4, 0.5) is 17.1 Å². The minimum absolute atomic E-state index is 0.948. The molecular formula is C58H40N4. The molecule has 0 saturated carbocycles. The number of fused-ring (bicyclic) bond motifs is 3. The maximum Gasteiger partial charge on any atom is 0.0701 e. The van der Waals surface area contributed by atoms with Crippen molar-refractivity contribution in [2.45, 2.75) is 0 Å². The van der Waals surface area contributed by atoms with Crippen LogP contribution in [0.15, 0.2) is 243 Å². The summed E-state index contributed by atoms with van der Waals surface area (Å²) in [6.45, 7) is 0. The maximum atomic E-state index is 4.60. The Labute approximate surface area is 361 Å². The van der Waals surface area contributed by atoms with Gasteiger partial charge in [-0.1, -0.05) is 133 Å². The number of anilines is 3. The molecule has 292 valence electrons. The van der Waals surface area contributed by atoms with Gasteiger partial charge in [0.15, 0.2) is 0 Å². The van der Waals surface area contributed by atoms with E-state index >= 15 is 0 Å². The summed E-state index contributed by atoms with van der Waals surface area (Å²) < 4.78 is 2.47. The second kappa shape index (κ2) is 16.0. The van der Waals surface area contributed by atoms with Gasteiger partial charge in [-0.05, 0) is 130 Å². The van der Waals surface area contributed by atoms with Gasteiger partial charge in [-0.3, -0.25) is 9.97 Å². The molecule has 0 bridgehead atoms. The summed E-state index contributed by atoms with van der Waals surface area (Å²) in [4.78, 5) is 11.1. The molecule has 0 aliphatic rings. The van der Waals surface area contributed by atoms with Crippen molar-refractivity contribution in [3.8, 4) is 61.5 Å². The summed E-state index contributed by atoms with van der Waals surface area (Å²) in [5.74, 6) is 0. The SMILES string of the molecule is c1ccc(-c2cc(-c3ccccc3)c3c(c2)c2c(-c4ccccc4)cccc2n3-c2ccc(N(c3ccc(-c4ccncc4)cc3)c3ccc(-c4ccccn4)cc3)cc2)cc1. The van der Waals surface area contributed by atoms with Gasteiger partial charge < -0.3 is 9.47 Å². The first-order valence-electron chi connectivity index (χ1n) is 21.0. The highest BCUT2D eigenvalue weighted by Crippen LogP contribution is 2.45. The van der Waals surface area contributed by atoms with E-state index in [9.17, 15) is 0 Å². The van der Waals surface area contributed by atoms with Crippen LogP contribution in [0.3, 0.4) is 0 Å². The van der Waals surface area contributed by atoms with Crippen molar-refractivity contribution in [3.05, 3.63) is 243 Å². The lowest BCUT2D eigenvalue weighted by molar-refractivity contribution is 1.17. The van der Waals surface area contributed by atoms with Gasteiger partial charge in [-0.25, -0.2) is 0 Å². The van der Waals surface area contributed by atoms with Crippen LogP contribution in [0.2, 0.25) is 0 Å². The number of rotatable bonds is 9. The topological polar surface area (TPSA) is 34.0 Å². The number of aromatic nitrogens is 3. The monoisotopic (exact) mass is 792 g/mol. The number of pyridine rings is 2. The Hall–Kier alpha value is -8.34. The fraction of sp³-hybridized carbons (Fsp3) is 0. The van der Waals surface area contributed by atoms with Gasteiger partial charge in [0.05, 0.1) is 16.7 Å². The van der Waals surface area contributed by atoms with Gasteiger partial charge in [0, 0.05) is 63.2 Å². The van der Waals surface area contributed by atoms with Gasteiger partial charge in [-0.2, -0.15) is 0 Å². The quantitative estimate of drug-likeness (QED) is 0.146. The van der Waals surface area contributed by atoms with Crippen molar-refractivity contribution in [2.75, 3.05) is 4.90 Å². The third-order valence-corrected chi connectivity index (χ3v) is 11.8. The zero-order chi connectivity index (χ0) is 41.2. The number of hydrogen-bond acceptors (Lipinski definition) is 3. The Kier molecular flexibility index (Phi) is 9.49. The molecule has 62 heavy (non-hydrogen) atoms. The molecule has 4 heteroatoms. The smallest absolute Gasteiger partial charge is 0.0701 e.